The third kappa shape index (κ3) is 1.92. The molecule has 0 bridgehead atoms. The molecular formula is C10H16N2O. The summed E-state index contributed by atoms with van der Waals surface area (Å²) in [5.74, 6) is 0.267. The highest BCUT2D eigenvalue weighted by Gasteiger charge is 2.11. The molecule has 0 aliphatic heterocycles. The molecule has 0 saturated heterocycles. The van der Waals surface area contributed by atoms with Gasteiger partial charge in [0.25, 0.3) is 0 Å². The van der Waals surface area contributed by atoms with Gasteiger partial charge >= 0.3 is 0 Å². The molecule has 1 atom stereocenters. The first-order valence-electron chi connectivity index (χ1n) is 4.40. The summed E-state index contributed by atoms with van der Waals surface area (Å²) in [5.41, 5.74) is 13.6. The number of aromatic hydroxyl groups is 1. The first-order valence-corrected chi connectivity index (χ1v) is 4.40. The van der Waals surface area contributed by atoms with Crippen molar-refractivity contribution in [2.45, 2.75) is 26.3 Å². The van der Waals surface area contributed by atoms with Crippen LogP contribution in [0.25, 0.3) is 0 Å². The topological polar surface area (TPSA) is 72.3 Å². The molecule has 1 unspecified atom stereocenters. The van der Waals surface area contributed by atoms with Crippen LogP contribution in [0, 0.1) is 6.92 Å². The number of phenols is 1. The lowest BCUT2D eigenvalue weighted by atomic mass is 10.0. The van der Waals surface area contributed by atoms with Crippen molar-refractivity contribution in [3.63, 3.8) is 0 Å². The molecule has 0 spiro atoms. The first kappa shape index (κ1) is 9.86. The molecule has 0 amide bonds. The van der Waals surface area contributed by atoms with Gasteiger partial charge in [-0.1, -0.05) is 6.92 Å². The highest BCUT2D eigenvalue weighted by Crippen LogP contribution is 2.30. The summed E-state index contributed by atoms with van der Waals surface area (Å²) < 4.78 is 0. The molecule has 0 saturated carbocycles. The Morgan fingerprint density at radius 1 is 1.46 bits per heavy atom. The molecule has 3 nitrogen and oxygen atoms in total. The van der Waals surface area contributed by atoms with E-state index >= 15 is 0 Å². The number of hydrogen-bond donors (Lipinski definition) is 3. The third-order valence-electron chi connectivity index (χ3n) is 2.19. The number of nitrogen functional groups attached to an aromatic ring is 1. The summed E-state index contributed by atoms with van der Waals surface area (Å²) in [6, 6.07) is 3.33. The lowest BCUT2D eigenvalue weighted by Gasteiger charge is -2.13. The van der Waals surface area contributed by atoms with E-state index in [-0.39, 0.29) is 11.8 Å². The minimum absolute atomic E-state index is 0.137. The Bertz CT molecular complexity index is 310. The number of rotatable bonds is 2. The zero-order chi connectivity index (χ0) is 10.0. The van der Waals surface area contributed by atoms with Crippen molar-refractivity contribution < 1.29 is 5.11 Å². The monoisotopic (exact) mass is 180 g/mol. The smallest absolute Gasteiger partial charge is 0.123 e. The Balaban J connectivity index is 3.20. The van der Waals surface area contributed by atoms with E-state index in [4.69, 9.17) is 11.5 Å². The molecule has 0 heterocycles. The van der Waals surface area contributed by atoms with Gasteiger partial charge in [0.1, 0.15) is 5.75 Å². The Kier molecular flexibility index (Phi) is 2.78. The van der Waals surface area contributed by atoms with Crippen LogP contribution in [0.15, 0.2) is 12.1 Å². The van der Waals surface area contributed by atoms with Crippen LogP contribution < -0.4 is 11.5 Å². The fourth-order valence-electron chi connectivity index (χ4n) is 1.34. The minimum Gasteiger partial charge on any atom is -0.507 e. The number of phenolic OH excluding ortho intramolecular Hbond substituents is 1. The predicted molar refractivity (Wildman–Crippen MR) is 54.5 cm³/mol. The van der Waals surface area contributed by atoms with Gasteiger partial charge in [-0.15, -0.1) is 0 Å². The van der Waals surface area contributed by atoms with Crippen molar-refractivity contribution in [1.29, 1.82) is 0 Å². The van der Waals surface area contributed by atoms with Crippen LogP contribution in [-0.4, -0.2) is 5.11 Å². The lowest BCUT2D eigenvalue weighted by Crippen LogP contribution is -2.09. The normalized spacial score (nSPS) is 12.8. The van der Waals surface area contributed by atoms with E-state index < -0.39 is 0 Å². The maximum atomic E-state index is 9.69. The van der Waals surface area contributed by atoms with Crippen LogP contribution in [-0.2, 0) is 0 Å². The highest BCUT2D eigenvalue weighted by molar-refractivity contribution is 5.53. The maximum absolute atomic E-state index is 9.69. The highest BCUT2D eigenvalue weighted by atomic mass is 16.3. The SMILES string of the molecule is CCC(N)c1cc(N)cc(C)c1O. The van der Waals surface area contributed by atoms with E-state index in [9.17, 15) is 5.11 Å². The molecule has 1 aromatic carbocycles. The van der Waals surface area contributed by atoms with E-state index in [0.29, 0.717) is 5.69 Å². The summed E-state index contributed by atoms with van der Waals surface area (Å²) in [6.45, 7) is 3.79. The third-order valence-corrected chi connectivity index (χ3v) is 2.19. The lowest BCUT2D eigenvalue weighted by molar-refractivity contribution is 0.456. The standard InChI is InChI=1S/C10H16N2O/c1-3-9(12)8-5-7(11)4-6(2)10(8)13/h4-5,9,13H,3,11-12H2,1-2H3. The van der Waals surface area contributed by atoms with Crippen LogP contribution >= 0.6 is 0 Å². The molecule has 0 radical (unpaired) electrons. The van der Waals surface area contributed by atoms with Crippen molar-refractivity contribution >= 4 is 5.69 Å². The van der Waals surface area contributed by atoms with E-state index in [1.54, 1.807) is 12.1 Å². The predicted octanol–water partition coefficient (Wildman–Crippen LogP) is 1.69. The van der Waals surface area contributed by atoms with Gasteiger partial charge in [-0.2, -0.15) is 0 Å². The van der Waals surface area contributed by atoms with Crippen molar-refractivity contribution in [3.8, 4) is 5.75 Å². The average Bonchev–Trinajstić information content (AvgIpc) is 2.10. The molecule has 3 heteroatoms. The average molecular weight is 180 g/mol. The van der Waals surface area contributed by atoms with Gasteiger partial charge in [0.05, 0.1) is 0 Å². The van der Waals surface area contributed by atoms with Gasteiger partial charge in [-0.25, -0.2) is 0 Å². The number of nitrogens with two attached hydrogens (primary N) is 2. The molecule has 1 aromatic rings. The summed E-state index contributed by atoms with van der Waals surface area (Å²) in [5, 5.41) is 9.69. The van der Waals surface area contributed by atoms with E-state index in [2.05, 4.69) is 0 Å². The molecule has 0 aliphatic carbocycles. The Morgan fingerprint density at radius 3 is 2.62 bits per heavy atom. The van der Waals surface area contributed by atoms with Crippen molar-refractivity contribution in [3.05, 3.63) is 23.3 Å². The number of aryl methyl sites for hydroxylation is 1. The summed E-state index contributed by atoms with van der Waals surface area (Å²) in [4.78, 5) is 0. The number of hydrogen-bond acceptors (Lipinski definition) is 3. The summed E-state index contributed by atoms with van der Waals surface area (Å²) >= 11 is 0. The zero-order valence-corrected chi connectivity index (χ0v) is 8.04. The van der Waals surface area contributed by atoms with Crippen molar-refractivity contribution in [2.75, 3.05) is 5.73 Å². The molecular weight excluding hydrogens is 164 g/mol. The molecule has 0 aromatic heterocycles. The second-order valence-electron chi connectivity index (χ2n) is 3.29. The van der Waals surface area contributed by atoms with Crippen LogP contribution in [0.1, 0.15) is 30.5 Å². The Hall–Kier alpha value is -1.22. The van der Waals surface area contributed by atoms with E-state index in [1.807, 2.05) is 13.8 Å². The fourth-order valence-corrected chi connectivity index (χ4v) is 1.34. The number of anilines is 1. The molecule has 5 N–H and O–H groups in total. The van der Waals surface area contributed by atoms with Crippen LogP contribution in [0.4, 0.5) is 5.69 Å². The zero-order valence-electron chi connectivity index (χ0n) is 8.04. The van der Waals surface area contributed by atoms with Gasteiger partial charge in [0.15, 0.2) is 0 Å². The molecule has 1 rings (SSSR count). The Labute approximate surface area is 78.4 Å². The quantitative estimate of drug-likeness (QED) is 0.479. The molecule has 72 valence electrons. The minimum atomic E-state index is -0.137. The van der Waals surface area contributed by atoms with Gasteiger partial charge < -0.3 is 16.6 Å². The van der Waals surface area contributed by atoms with Crippen LogP contribution in [0.2, 0.25) is 0 Å². The Morgan fingerprint density at radius 2 is 2.08 bits per heavy atom. The van der Waals surface area contributed by atoms with Gasteiger partial charge in [0, 0.05) is 17.3 Å². The van der Waals surface area contributed by atoms with E-state index in [0.717, 1.165) is 17.5 Å². The molecule has 13 heavy (non-hydrogen) atoms. The maximum Gasteiger partial charge on any atom is 0.123 e. The van der Waals surface area contributed by atoms with E-state index in [1.165, 1.54) is 0 Å². The van der Waals surface area contributed by atoms with Crippen LogP contribution in [0.5, 0.6) is 5.75 Å². The second-order valence-corrected chi connectivity index (χ2v) is 3.29. The molecule has 0 aliphatic rings. The second kappa shape index (κ2) is 3.66. The largest absolute Gasteiger partial charge is 0.507 e. The van der Waals surface area contributed by atoms with Gasteiger partial charge in [-0.05, 0) is 31.0 Å². The first-order chi connectivity index (χ1) is 6.06. The summed E-state index contributed by atoms with van der Waals surface area (Å²) in [7, 11) is 0. The van der Waals surface area contributed by atoms with Crippen LogP contribution in [0.3, 0.4) is 0 Å². The van der Waals surface area contributed by atoms with Gasteiger partial charge in [0.2, 0.25) is 0 Å². The van der Waals surface area contributed by atoms with Crippen molar-refractivity contribution in [2.24, 2.45) is 5.73 Å². The van der Waals surface area contributed by atoms with Crippen molar-refractivity contribution in [1.82, 2.24) is 0 Å². The fraction of sp³-hybridized carbons (Fsp3) is 0.400. The molecule has 0 fully saturated rings. The summed E-state index contributed by atoms with van der Waals surface area (Å²) in [6.07, 6.45) is 0.788. The number of benzene rings is 1. The van der Waals surface area contributed by atoms with Gasteiger partial charge in [-0.3, -0.25) is 0 Å².